The molecular weight excluding hydrogens is 399 g/mol. The van der Waals surface area contributed by atoms with Gasteiger partial charge in [-0.3, -0.25) is 14.4 Å². The maximum Gasteiger partial charge on any atom is 0.275 e. The first-order valence-electron chi connectivity index (χ1n) is 7.58. The van der Waals surface area contributed by atoms with Crippen LogP contribution in [0.4, 0.5) is 17.1 Å². The van der Waals surface area contributed by atoms with Crippen molar-refractivity contribution in [2.24, 2.45) is 0 Å². The predicted molar refractivity (Wildman–Crippen MR) is 103 cm³/mol. The van der Waals surface area contributed by atoms with Gasteiger partial charge in [0, 0.05) is 6.07 Å². The number of anilines is 3. The molecule has 1 heterocycles. The van der Waals surface area contributed by atoms with E-state index >= 15 is 0 Å². The Morgan fingerprint density at radius 2 is 1.77 bits per heavy atom. The molecule has 0 bridgehead atoms. The van der Waals surface area contributed by atoms with E-state index in [1.165, 1.54) is 11.0 Å². The number of hydrogen-bond acceptors (Lipinski definition) is 4. The molecule has 0 aliphatic carbocycles. The van der Waals surface area contributed by atoms with Crippen molar-refractivity contribution in [3.8, 4) is 5.75 Å². The fourth-order valence-corrected chi connectivity index (χ4v) is 3.48. The minimum atomic E-state index is -3.44. The zero-order chi connectivity index (χ0) is 19.3. The summed E-state index contributed by atoms with van der Waals surface area (Å²) in [4.78, 5) is 14.4. The minimum absolute atomic E-state index is 0.285. The minimum Gasteiger partial charge on any atom is -0.476 e. The first-order valence-corrected chi connectivity index (χ1v) is 10.2. The summed E-state index contributed by atoms with van der Waals surface area (Å²) in [6, 6.07) is 9.58. The molecule has 1 N–H and O–H groups in total. The van der Waals surface area contributed by atoms with Crippen molar-refractivity contribution in [2.75, 3.05) is 15.9 Å². The number of carbonyl (C=O) groups is 1. The second kappa shape index (κ2) is 6.33. The number of ether oxygens (including phenoxy) is 1. The summed E-state index contributed by atoms with van der Waals surface area (Å²) in [6.07, 6.45) is 1.06. The fourth-order valence-electron chi connectivity index (χ4n) is 2.64. The zero-order valence-corrected chi connectivity index (χ0v) is 16.5. The second-order valence-corrected chi connectivity index (χ2v) is 8.97. The van der Waals surface area contributed by atoms with Gasteiger partial charge < -0.3 is 4.74 Å². The Hall–Kier alpha value is -1.96. The van der Waals surface area contributed by atoms with Crippen LogP contribution in [-0.4, -0.2) is 26.2 Å². The Labute approximate surface area is 161 Å². The summed E-state index contributed by atoms with van der Waals surface area (Å²) in [7, 11) is -3.44. The first kappa shape index (κ1) is 18.8. The molecule has 26 heavy (non-hydrogen) atoms. The van der Waals surface area contributed by atoms with Gasteiger partial charge in [-0.05, 0) is 44.2 Å². The summed E-state index contributed by atoms with van der Waals surface area (Å²) < 4.78 is 31.1. The van der Waals surface area contributed by atoms with E-state index in [1.54, 1.807) is 44.2 Å². The van der Waals surface area contributed by atoms with E-state index in [-0.39, 0.29) is 5.91 Å². The molecule has 0 radical (unpaired) electrons. The number of nitrogens with zero attached hydrogens (tertiary/aromatic N) is 1. The number of halogens is 2. The molecule has 3 rings (SSSR count). The lowest BCUT2D eigenvalue weighted by Gasteiger charge is -2.39. The highest BCUT2D eigenvalue weighted by molar-refractivity contribution is 7.92. The van der Waals surface area contributed by atoms with Crippen LogP contribution in [-0.2, 0) is 14.8 Å². The topological polar surface area (TPSA) is 75.7 Å². The van der Waals surface area contributed by atoms with E-state index in [0.29, 0.717) is 32.9 Å². The van der Waals surface area contributed by atoms with Gasteiger partial charge in [-0.25, -0.2) is 8.42 Å². The van der Waals surface area contributed by atoms with E-state index in [0.717, 1.165) is 6.26 Å². The summed E-state index contributed by atoms with van der Waals surface area (Å²) >= 11 is 12.1. The van der Waals surface area contributed by atoms with Gasteiger partial charge in [0.2, 0.25) is 10.0 Å². The van der Waals surface area contributed by atoms with Crippen LogP contribution in [0.2, 0.25) is 10.0 Å². The van der Waals surface area contributed by atoms with Crippen LogP contribution in [0.1, 0.15) is 13.8 Å². The SMILES string of the molecule is CC1(C)Oc2cc(NS(C)(=O)=O)ccc2N(c2ccc(Cl)c(Cl)c2)C1=O. The van der Waals surface area contributed by atoms with Gasteiger partial charge in [-0.1, -0.05) is 23.2 Å². The molecule has 1 aliphatic heterocycles. The van der Waals surface area contributed by atoms with E-state index in [4.69, 9.17) is 27.9 Å². The molecule has 2 aromatic carbocycles. The van der Waals surface area contributed by atoms with Crippen LogP contribution in [0.3, 0.4) is 0 Å². The number of benzene rings is 2. The predicted octanol–water partition coefficient (Wildman–Crippen LogP) is 4.20. The Bertz CT molecular complexity index is 1010. The molecule has 138 valence electrons. The molecule has 2 aromatic rings. The normalized spacial score (nSPS) is 16.0. The van der Waals surface area contributed by atoms with Crippen molar-refractivity contribution < 1.29 is 17.9 Å². The maximum absolute atomic E-state index is 12.9. The van der Waals surface area contributed by atoms with Crippen molar-refractivity contribution in [1.82, 2.24) is 0 Å². The number of rotatable bonds is 3. The van der Waals surface area contributed by atoms with Gasteiger partial charge >= 0.3 is 0 Å². The fraction of sp³-hybridized carbons (Fsp3) is 0.235. The summed E-state index contributed by atoms with van der Waals surface area (Å²) in [6.45, 7) is 3.28. The van der Waals surface area contributed by atoms with Gasteiger partial charge in [0.05, 0.1) is 33.4 Å². The van der Waals surface area contributed by atoms with E-state index < -0.39 is 15.6 Å². The molecule has 6 nitrogen and oxygen atoms in total. The van der Waals surface area contributed by atoms with E-state index in [1.807, 2.05) is 0 Å². The molecule has 1 amide bonds. The van der Waals surface area contributed by atoms with Crippen molar-refractivity contribution in [3.05, 3.63) is 46.4 Å². The highest BCUT2D eigenvalue weighted by Crippen LogP contribution is 2.44. The monoisotopic (exact) mass is 414 g/mol. The van der Waals surface area contributed by atoms with Gasteiger partial charge in [0.25, 0.3) is 5.91 Å². The molecule has 0 aromatic heterocycles. The quantitative estimate of drug-likeness (QED) is 0.816. The number of amides is 1. The standard InChI is InChI=1S/C17H16Cl2N2O4S/c1-17(2)16(22)21(11-5-6-12(18)13(19)9-11)14-7-4-10(8-15(14)25-17)20-26(3,23)24/h4-9,20H,1-3H3. The lowest BCUT2D eigenvalue weighted by atomic mass is 10.0. The number of fused-ring (bicyclic) bond motifs is 1. The second-order valence-electron chi connectivity index (χ2n) is 6.41. The number of sulfonamides is 1. The molecule has 0 unspecified atom stereocenters. The average molecular weight is 415 g/mol. The van der Waals surface area contributed by atoms with Crippen LogP contribution < -0.4 is 14.4 Å². The molecular formula is C17H16Cl2N2O4S. The molecule has 0 saturated carbocycles. The summed E-state index contributed by atoms with van der Waals surface area (Å²) in [5, 5.41) is 0.696. The molecule has 0 atom stereocenters. The smallest absolute Gasteiger partial charge is 0.275 e. The highest BCUT2D eigenvalue weighted by Gasteiger charge is 2.42. The molecule has 1 aliphatic rings. The molecule has 0 fully saturated rings. The number of hydrogen-bond donors (Lipinski definition) is 1. The van der Waals surface area contributed by atoms with E-state index in [9.17, 15) is 13.2 Å². The van der Waals surface area contributed by atoms with Crippen molar-refractivity contribution in [2.45, 2.75) is 19.4 Å². The van der Waals surface area contributed by atoms with Crippen molar-refractivity contribution in [3.63, 3.8) is 0 Å². The Kier molecular flexibility index (Phi) is 4.58. The third-order valence-electron chi connectivity index (χ3n) is 3.75. The molecule has 0 spiro atoms. The molecule has 9 heteroatoms. The van der Waals surface area contributed by atoms with E-state index in [2.05, 4.69) is 4.72 Å². The van der Waals surface area contributed by atoms with Gasteiger partial charge in [0.1, 0.15) is 5.75 Å². The Balaban J connectivity index is 2.14. The van der Waals surface area contributed by atoms with Gasteiger partial charge in [-0.2, -0.15) is 0 Å². The molecule has 0 saturated heterocycles. The maximum atomic E-state index is 12.9. The van der Waals surface area contributed by atoms with Crippen LogP contribution in [0, 0.1) is 0 Å². The lowest BCUT2D eigenvalue weighted by molar-refractivity contribution is -0.131. The number of carbonyl (C=O) groups excluding carboxylic acids is 1. The largest absolute Gasteiger partial charge is 0.476 e. The summed E-state index contributed by atoms with van der Waals surface area (Å²) in [5.41, 5.74) is 0.200. The average Bonchev–Trinajstić information content (AvgIpc) is 2.50. The van der Waals surface area contributed by atoms with Crippen LogP contribution in [0.5, 0.6) is 5.75 Å². The summed E-state index contributed by atoms with van der Waals surface area (Å²) in [5.74, 6) is 0.0848. The van der Waals surface area contributed by atoms with Crippen LogP contribution in [0.15, 0.2) is 36.4 Å². The van der Waals surface area contributed by atoms with Crippen LogP contribution in [0.25, 0.3) is 0 Å². The van der Waals surface area contributed by atoms with Gasteiger partial charge in [0.15, 0.2) is 5.60 Å². The highest BCUT2D eigenvalue weighted by atomic mass is 35.5. The third kappa shape index (κ3) is 3.60. The first-order chi connectivity index (χ1) is 12.0. The Morgan fingerprint density at radius 3 is 2.38 bits per heavy atom. The van der Waals surface area contributed by atoms with Crippen LogP contribution >= 0.6 is 23.2 Å². The Morgan fingerprint density at radius 1 is 1.08 bits per heavy atom. The number of nitrogens with one attached hydrogen (secondary N) is 1. The zero-order valence-electron chi connectivity index (χ0n) is 14.2. The van der Waals surface area contributed by atoms with Crippen molar-refractivity contribution in [1.29, 1.82) is 0 Å². The van der Waals surface area contributed by atoms with Crippen molar-refractivity contribution >= 4 is 56.2 Å². The third-order valence-corrected chi connectivity index (χ3v) is 5.09. The van der Waals surface area contributed by atoms with Gasteiger partial charge in [-0.15, -0.1) is 0 Å². The lowest BCUT2D eigenvalue weighted by Crippen LogP contribution is -2.50.